The molecule has 1 aromatic carbocycles. The number of halogens is 1. The molecule has 2 aromatic rings. The van der Waals surface area contributed by atoms with Gasteiger partial charge in [0.15, 0.2) is 0 Å². The lowest BCUT2D eigenvalue weighted by atomic mass is 9.94. The van der Waals surface area contributed by atoms with Gasteiger partial charge in [-0.3, -0.25) is 9.59 Å². The van der Waals surface area contributed by atoms with Gasteiger partial charge in [0.1, 0.15) is 0 Å². The fourth-order valence-corrected chi connectivity index (χ4v) is 4.53. The van der Waals surface area contributed by atoms with Gasteiger partial charge in [-0.2, -0.15) is 5.10 Å². The third-order valence-corrected chi connectivity index (χ3v) is 6.36. The summed E-state index contributed by atoms with van der Waals surface area (Å²) >= 11 is 6.02. The molecule has 0 radical (unpaired) electrons. The van der Waals surface area contributed by atoms with Gasteiger partial charge in [-0.15, -0.1) is 0 Å². The van der Waals surface area contributed by atoms with Gasteiger partial charge in [0.25, 0.3) is 5.91 Å². The number of benzene rings is 1. The van der Waals surface area contributed by atoms with Crippen molar-refractivity contribution in [2.75, 3.05) is 39.4 Å². The standard InChI is InChI=1S/C23H29ClN4O3/c1-16(2)21-20(15-25-28(21)19-5-3-18(24)4-6-19)23(30)26-9-7-17(8-10-26)22(29)27-11-13-31-14-12-27/h3-6,15-17H,7-14H2,1-2H3. The molecule has 2 aliphatic rings. The SMILES string of the molecule is CC(C)c1c(C(=O)N2CCC(C(=O)N3CCOCC3)CC2)cnn1-c1ccc(Cl)cc1. The molecule has 2 saturated heterocycles. The summed E-state index contributed by atoms with van der Waals surface area (Å²) in [7, 11) is 0. The number of hydrogen-bond acceptors (Lipinski definition) is 4. The normalized spacial score (nSPS) is 17.9. The van der Waals surface area contributed by atoms with Crippen molar-refractivity contribution in [2.45, 2.75) is 32.6 Å². The number of carbonyl (C=O) groups excluding carboxylic acids is 2. The topological polar surface area (TPSA) is 67.7 Å². The van der Waals surface area contributed by atoms with Crippen molar-refractivity contribution in [3.05, 3.63) is 46.7 Å². The highest BCUT2D eigenvalue weighted by molar-refractivity contribution is 6.30. The quantitative estimate of drug-likeness (QED) is 0.725. The first kappa shape index (κ1) is 21.8. The molecular formula is C23H29ClN4O3. The number of amides is 2. The van der Waals surface area contributed by atoms with Crippen LogP contribution in [-0.4, -0.2) is 70.8 Å². The minimum absolute atomic E-state index is 0.0106. The van der Waals surface area contributed by atoms with Gasteiger partial charge in [-0.05, 0) is 43.0 Å². The zero-order chi connectivity index (χ0) is 22.0. The van der Waals surface area contributed by atoms with Crippen LogP contribution >= 0.6 is 11.6 Å². The Kier molecular flexibility index (Phi) is 6.62. The Balaban J connectivity index is 1.46. The summed E-state index contributed by atoms with van der Waals surface area (Å²) in [6.07, 6.45) is 3.06. The maximum absolute atomic E-state index is 13.3. The van der Waals surface area contributed by atoms with Gasteiger partial charge in [0, 0.05) is 37.1 Å². The van der Waals surface area contributed by atoms with Gasteiger partial charge in [-0.1, -0.05) is 25.4 Å². The summed E-state index contributed by atoms with van der Waals surface area (Å²) < 4.78 is 7.17. The number of aromatic nitrogens is 2. The van der Waals surface area contributed by atoms with E-state index < -0.39 is 0 Å². The van der Waals surface area contributed by atoms with E-state index in [9.17, 15) is 9.59 Å². The fraction of sp³-hybridized carbons (Fsp3) is 0.522. The number of likely N-dealkylation sites (tertiary alicyclic amines) is 1. The molecule has 0 spiro atoms. The van der Waals surface area contributed by atoms with Crippen LogP contribution < -0.4 is 0 Å². The van der Waals surface area contributed by atoms with E-state index in [1.165, 1.54) is 0 Å². The minimum atomic E-state index is -0.0128. The minimum Gasteiger partial charge on any atom is -0.378 e. The van der Waals surface area contributed by atoms with Gasteiger partial charge in [0.05, 0.1) is 36.4 Å². The van der Waals surface area contributed by atoms with Crippen molar-refractivity contribution in [2.24, 2.45) is 5.92 Å². The molecule has 2 aliphatic heterocycles. The Labute approximate surface area is 187 Å². The van der Waals surface area contributed by atoms with Crippen molar-refractivity contribution in [1.82, 2.24) is 19.6 Å². The molecule has 0 bridgehead atoms. The van der Waals surface area contributed by atoms with Crippen LogP contribution in [0.3, 0.4) is 0 Å². The average molecular weight is 445 g/mol. The number of rotatable bonds is 4. The monoisotopic (exact) mass is 444 g/mol. The van der Waals surface area contributed by atoms with Crippen molar-refractivity contribution >= 4 is 23.4 Å². The Morgan fingerprint density at radius 1 is 1.03 bits per heavy atom. The highest BCUT2D eigenvalue weighted by atomic mass is 35.5. The summed E-state index contributed by atoms with van der Waals surface area (Å²) in [6.45, 7) is 7.85. The highest BCUT2D eigenvalue weighted by Crippen LogP contribution is 2.27. The van der Waals surface area contributed by atoms with Crippen LogP contribution in [0.5, 0.6) is 0 Å². The molecule has 2 fully saturated rings. The van der Waals surface area contributed by atoms with E-state index in [2.05, 4.69) is 18.9 Å². The van der Waals surface area contributed by atoms with E-state index in [0.717, 1.165) is 11.4 Å². The van der Waals surface area contributed by atoms with Crippen LogP contribution in [-0.2, 0) is 9.53 Å². The molecular weight excluding hydrogens is 416 g/mol. The zero-order valence-corrected chi connectivity index (χ0v) is 18.8. The Bertz CT molecular complexity index is 927. The molecule has 2 amide bonds. The van der Waals surface area contributed by atoms with Gasteiger partial charge >= 0.3 is 0 Å². The molecule has 1 aromatic heterocycles. The first-order chi connectivity index (χ1) is 15.0. The van der Waals surface area contributed by atoms with Crippen molar-refractivity contribution in [3.8, 4) is 5.69 Å². The van der Waals surface area contributed by atoms with Crippen molar-refractivity contribution in [3.63, 3.8) is 0 Å². The van der Waals surface area contributed by atoms with Crippen LogP contribution in [0.15, 0.2) is 30.5 Å². The summed E-state index contributed by atoms with van der Waals surface area (Å²) in [5.41, 5.74) is 2.39. The van der Waals surface area contributed by atoms with Crippen LogP contribution in [0.2, 0.25) is 5.02 Å². The molecule has 0 aliphatic carbocycles. The molecule has 7 nitrogen and oxygen atoms in total. The number of hydrogen-bond donors (Lipinski definition) is 0. The maximum Gasteiger partial charge on any atom is 0.257 e. The number of morpholine rings is 1. The van der Waals surface area contributed by atoms with E-state index in [1.54, 1.807) is 6.20 Å². The smallest absolute Gasteiger partial charge is 0.257 e. The summed E-state index contributed by atoms with van der Waals surface area (Å²) in [6, 6.07) is 7.44. The number of nitrogens with zero attached hydrogens (tertiary/aromatic N) is 4. The second-order valence-corrected chi connectivity index (χ2v) is 8.93. The average Bonchev–Trinajstić information content (AvgIpc) is 3.25. The lowest BCUT2D eigenvalue weighted by Gasteiger charge is -2.35. The molecule has 0 atom stereocenters. The van der Waals surface area contributed by atoms with Crippen LogP contribution in [0.25, 0.3) is 5.69 Å². The molecule has 0 saturated carbocycles. The molecule has 4 rings (SSSR count). The third-order valence-electron chi connectivity index (χ3n) is 6.11. The third kappa shape index (κ3) is 4.62. The molecule has 31 heavy (non-hydrogen) atoms. The van der Waals surface area contributed by atoms with E-state index in [4.69, 9.17) is 16.3 Å². The predicted octanol–water partition coefficient (Wildman–Crippen LogP) is 3.36. The zero-order valence-electron chi connectivity index (χ0n) is 18.1. The van der Waals surface area contributed by atoms with Crippen LogP contribution in [0.4, 0.5) is 0 Å². The number of carbonyl (C=O) groups is 2. The van der Waals surface area contributed by atoms with Gasteiger partial charge in [-0.25, -0.2) is 4.68 Å². The lowest BCUT2D eigenvalue weighted by Crippen LogP contribution is -2.47. The summed E-state index contributed by atoms with van der Waals surface area (Å²) in [4.78, 5) is 29.9. The number of piperidine rings is 1. The maximum atomic E-state index is 13.3. The Morgan fingerprint density at radius 2 is 1.68 bits per heavy atom. The second kappa shape index (κ2) is 9.40. The molecule has 0 unspecified atom stereocenters. The van der Waals surface area contributed by atoms with Crippen molar-refractivity contribution in [1.29, 1.82) is 0 Å². The predicted molar refractivity (Wildman–Crippen MR) is 119 cm³/mol. The van der Waals surface area contributed by atoms with E-state index >= 15 is 0 Å². The van der Waals surface area contributed by atoms with Gasteiger partial charge in [0.2, 0.25) is 5.91 Å². The first-order valence-electron chi connectivity index (χ1n) is 11.0. The van der Waals surface area contributed by atoms with Crippen LogP contribution in [0, 0.1) is 5.92 Å². The van der Waals surface area contributed by atoms with Crippen LogP contribution in [0.1, 0.15) is 48.7 Å². The van der Waals surface area contributed by atoms with E-state index in [0.29, 0.717) is 62.8 Å². The molecule has 0 N–H and O–H groups in total. The molecule has 166 valence electrons. The lowest BCUT2D eigenvalue weighted by molar-refractivity contribution is -0.141. The van der Waals surface area contributed by atoms with Gasteiger partial charge < -0.3 is 14.5 Å². The summed E-state index contributed by atoms with van der Waals surface area (Å²) in [5.74, 6) is 0.302. The summed E-state index contributed by atoms with van der Waals surface area (Å²) in [5, 5.41) is 5.17. The largest absolute Gasteiger partial charge is 0.378 e. The Hall–Kier alpha value is -2.38. The highest BCUT2D eigenvalue weighted by Gasteiger charge is 2.32. The Morgan fingerprint density at radius 3 is 2.29 bits per heavy atom. The first-order valence-corrected chi connectivity index (χ1v) is 11.3. The van der Waals surface area contributed by atoms with E-state index in [-0.39, 0.29) is 23.7 Å². The second-order valence-electron chi connectivity index (χ2n) is 8.49. The molecule has 8 heteroatoms. The van der Waals surface area contributed by atoms with E-state index in [1.807, 2.05) is 38.7 Å². The molecule has 3 heterocycles. The fourth-order valence-electron chi connectivity index (χ4n) is 4.41. The number of ether oxygens (including phenoxy) is 1. The van der Waals surface area contributed by atoms with Crippen molar-refractivity contribution < 1.29 is 14.3 Å².